The van der Waals surface area contributed by atoms with Crippen LogP contribution in [0, 0.1) is 29.9 Å². The predicted molar refractivity (Wildman–Crippen MR) is 75.1 cm³/mol. The Bertz CT molecular complexity index is 672. The van der Waals surface area contributed by atoms with Gasteiger partial charge in [-0.3, -0.25) is 0 Å². The van der Waals surface area contributed by atoms with Crippen LogP contribution in [0.4, 0.5) is 14.5 Å². The fourth-order valence-corrected chi connectivity index (χ4v) is 1.90. The summed E-state index contributed by atoms with van der Waals surface area (Å²) in [6.45, 7) is 1.84. The van der Waals surface area contributed by atoms with E-state index in [9.17, 15) is 8.78 Å². The Morgan fingerprint density at radius 2 is 1.95 bits per heavy atom. The number of pyridine rings is 1. The molecule has 1 N–H and O–H groups in total. The van der Waals surface area contributed by atoms with Gasteiger partial charge in [0.15, 0.2) is 0 Å². The van der Waals surface area contributed by atoms with Crippen molar-refractivity contribution in [2.24, 2.45) is 0 Å². The first-order valence-corrected chi connectivity index (χ1v) is 6.54. The van der Waals surface area contributed by atoms with Gasteiger partial charge in [0.1, 0.15) is 16.2 Å². The molecule has 2 rings (SSSR count). The molecule has 0 atom stereocenters. The van der Waals surface area contributed by atoms with Crippen LogP contribution in [-0.2, 0) is 6.54 Å². The Hall–Kier alpha value is -2.00. The molecule has 0 aliphatic carbocycles. The first kappa shape index (κ1) is 14.4. The maximum absolute atomic E-state index is 13.7. The summed E-state index contributed by atoms with van der Waals surface area (Å²) in [4.78, 5) is 4.09. The number of anilines is 1. The number of rotatable bonds is 3. The highest BCUT2D eigenvalue weighted by atomic mass is 79.9. The van der Waals surface area contributed by atoms with Gasteiger partial charge in [-0.05, 0) is 46.6 Å². The number of aryl methyl sites for hydroxylation is 1. The van der Waals surface area contributed by atoms with Crippen molar-refractivity contribution in [3.05, 3.63) is 57.3 Å². The molecule has 0 unspecified atom stereocenters. The number of halogens is 3. The average molecular weight is 338 g/mol. The van der Waals surface area contributed by atoms with Gasteiger partial charge in [0, 0.05) is 12.1 Å². The van der Waals surface area contributed by atoms with Crippen LogP contribution in [-0.4, -0.2) is 4.98 Å². The van der Waals surface area contributed by atoms with Crippen LogP contribution in [0.15, 0.2) is 29.0 Å². The van der Waals surface area contributed by atoms with E-state index in [0.717, 1.165) is 22.3 Å². The third-order valence-corrected chi connectivity index (χ3v) is 3.58. The monoisotopic (exact) mass is 337 g/mol. The van der Waals surface area contributed by atoms with Crippen molar-refractivity contribution in [1.29, 1.82) is 5.26 Å². The third-order valence-electron chi connectivity index (χ3n) is 2.75. The second-order valence-corrected chi connectivity index (χ2v) is 4.97. The molecule has 1 aromatic heterocycles. The highest BCUT2D eigenvalue weighted by Gasteiger charge is 2.11. The smallest absolute Gasteiger partial charge is 0.132 e. The number of hydrogen-bond acceptors (Lipinski definition) is 3. The quantitative estimate of drug-likeness (QED) is 0.863. The van der Waals surface area contributed by atoms with Gasteiger partial charge < -0.3 is 5.32 Å². The number of aromatic nitrogens is 1. The van der Waals surface area contributed by atoms with E-state index in [-0.39, 0.29) is 17.7 Å². The van der Waals surface area contributed by atoms with Crippen LogP contribution in [0.3, 0.4) is 0 Å². The molecule has 6 heteroatoms. The lowest BCUT2D eigenvalue weighted by atomic mass is 10.1. The molecule has 0 aliphatic heterocycles. The summed E-state index contributed by atoms with van der Waals surface area (Å²) >= 11 is 3.27. The summed E-state index contributed by atoms with van der Waals surface area (Å²) in [5.74, 6) is -1.48. The lowest BCUT2D eigenvalue weighted by Crippen LogP contribution is -2.06. The number of nitrogens with zero attached hydrogens (tertiary/aromatic N) is 2. The third kappa shape index (κ3) is 3.11. The van der Waals surface area contributed by atoms with Gasteiger partial charge in [-0.15, -0.1) is 0 Å². The van der Waals surface area contributed by atoms with Gasteiger partial charge in [-0.1, -0.05) is 0 Å². The van der Waals surface area contributed by atoms with Gasteiger partial charge in [-0.2, -0.15) is 5.26 Å². The summed E-state index contributed by atoms with van der Waals surface area (Å²) < 4.78 is 28.1. The summed E-state index contributed by atoms with van der Waals surface area (Å²) in [6.07, 6.45) is 1.57. The Balaban J connectivity index is 2.19. The average Bonchev–Trinajstić information content (AvgIpc) is 2.41. The molecule has 20 heavy (non-hydrogen) atoms. The fraction of sp³-hybridized carbons (Fsp3) is 0.143. The topological polar surface area (TPSA) is 48.7 Å². The van der Waals surface area contributed by atoms with E-state index in [4.69, 9.17) is 5.26 Å². The Labute approximate surface area is 123 Å². The lowest BCUT2D eigenvalue weighted by Gasteiger charge is -2.09. The maximum Gasteiger partial charge on any atom is 0.132 e. The van der Waals surface area contributed by atoms with Crippen LogP contribution in [0.5, 0.6) is 0 Å². The van der Waals surface area contributed by atoms with E-state index in [1.165, 1.54) is 0 Å². The van der Waals surface area contributed by atoms with Gasteiger partial charge in [-0.25, -0.2) is 13.8 Å². The van der Waals surface area contributed by atoms with Crippen molar-refractivity contribution in [3.63, 3.8) is 0 Å². The number of hydrogen-bond donors (Lipinski definition) is 1. The molecule has 3 nitrogen and oxygen atoms in total. The van der Waals surface area contributed by atoms with Crippen molar-refractivity contribution in [1.82, 2.24) is 4.98 Å². The predicted octanol–water partition coefficient (Wildman–Crippen LogP) is 3.91. The molecule has 0 amide bonds. The van der Waals surface area contributed by atoms with Crippen molar-refractivity contribution in [2.75, 3.05) is 5.32 Å². The van der Waals surface area contributed by atoms with Crippen molar-refractivity contribution in [2.45, 2.75) is 13.5 Å². The molecule has 1 aromatic carbocycles. The highest BCUT2D eigenvalue weighted by molar-refractivity contribution is 9.10. The molecule has 0 bridgehead atoms. The van der Waals surface area contributed by atoms with E-state index in [1.54, 1.807) is 12.3 Å². The second kappa shape index (κ2) is 5.97. The highest BCUT2D eigenvalue weighted by Crippen LogP contribution is 2.19. The molecule has 0 fully saturated rings. The maximum atomic E-state index is 13.7. The van der Waals surface area contributed by atoms with Gasteiger partial charge in [0.25, 0.3) is 0 Å². The SMILES string of the molecule is Cc1cc(NCc2c(F)cc(C#N)cc2F)cnc1Br. The van der Waals surface area contributed by atoms with E-state index < -0.39 is 11.6 Å². The van der Waals surface area contributed by atoms with Crippen molar-refractivity contribution in [3.8, 4) is 6.07 Å². The van der Waals surface area contributed by atoms with Gasteiger partial charge in [0.05, 0.1) is 23.5 Å². The van der Waals surface area contributed by atoms with E-state index >= 15 is 0 Å². The zero-order valence-corrected chi connectivity index (χ0v) is 12.1. The minimum atomic E-state index is -0.740. The van der Waals surface area contributed by atoms with E-state index in [1.807, 2.05) is 13.0 Å². The standard InChI is InChI=1S/C14H10BrF2N3/c1-8-2-10(6-20-14(8)15)19-7-11-12(16)3-9(5-18)4-13(11)17/h2-4,6,19H,7H2,1H3. The second-order valence-electron chi connectivity index (χ2n) is 4.22. The first-order chi connectivity index (χ1) is 9.51. The molecule has 0 saturated heterocycles. The molecule has 1 heterocycles. The van der Waals surface area contributed by atoms with Crippen LogP contribution < -0.4 is 5.32 Å². The van der Waals surface area contributed by atoms with Crippen LogP contribution in [0.2, 0.25) is 0 Å². The Morgan fingerprint density at radius 3 is 2.50 bits per heavy atom. The van der Waals surface area contributed by atoms with Crippen LogP contribution >= 0.6 is 15.9 Å². The number of nitriles is 1. The van der Waals surface area contributed by atoms with E-state index in [0.29, 0.717) is 5.69 Å². The summed E-state index contributed by atoms with van der Waals surface area (Å²) in [6, 6.07) is 5.56. The minimum absolute atomic E-state index is 0.0217. The summed E-state index contributed by atoms with van der Waals surface area (Å²) in [5, 5.41) is 11.5. The van der Waals surface area contributed by atoms with Crippen LogP contribution in [0.1, 0.15) is 16.7 Å². The number of benzene rings is 1. The Kier molecular flexibility index (Phi) is 4.30. The zero-order valence-electron chi connectivity index (χ0n) is 10.5. The fourth-order valence-electron chi connectivity index (χ4n) is 1.68. The Morgan fingerprint density at radius 1 is 1.30 bits per heavy atom. The molecule has 0 aliphatic rings. The van der Waals surface area contributed by atoms with Gasteiger partial charge in [0.2, 0.25) is 0 Å². The molecule has 102 valence electrons. The molecule has 0 spiro atoms. The van der Waals surface area contributed by atoms with Crippen LogP contribution in [0.25, 0.3) is 0 Å². The molecule has 2 aromatic rings. The molecular formula is C14H10BrF2N3. The molecular weight excluding hydrogens is 328 g/mol. The summed E-state index contributed by atoms with van der Waals surface area (Å²) in [5.41, 5.74) is 1.43. The normalized spacial score (nSPS) is 10.2. The lowest BCUT2D eigenvalue weighted by molar-refractivity contribution is 0.559. The zero-order chi connectivity index (χ0) is 14.7. The van der Waals surface area contributed by atoms with Gasteiger partial charge >= 0.3 is 0 Å². The summed E-state index contributed by atoms with van der Waals surface area (Å²) in [7, 11) is 0. The largest absolute Gasteiger partial charge is 0.379 e. The van der Waals surface area contributed by atoms with Crippen molar-refractivity contribution < 1.29 is 8.78 Å². The van der Waals surface area contributed by atoms with E-state index in [2.05, 4.69) is 26.2 Å². The number of nitrogens with one attached hydrogen (secondary N) is 1. The minimum Gasteiger partial charge on any atom is -0.379 e. The van der Waals surface area contributed by atoms with Crippen molar-refractivity contribution >= 4 is 21.6 Å². The molecule has 0 radical (unpaired) electrons. The molecule has 0 saturated carbocycles. The first-order valence-electron chi connectivity index (χ1n) is 5.75.